The molecule has 0 fully saturated rings. The molecule has 4 nitrogen and oxygen atoms in total. The van der Waals surface area contributed by atoms with Crippen LogP contribution in [-0.2, 0) is 6.54 Å². The van der Waals surface area contributed by atoms with E-state index in [9.17, 15) is 4.79 Å². The Kier molecular flexibility index (Phi) is 6.50. The molecule has 1 atom stereocenters. The highest BCUT2D eigenvalue weighted by Gasteiger charge is 2.27. The van der Waals surface area contributed by atoms with Crippen molar-refractivity contribution in [2.24, 2.45) is 5.92 Å². The van der Waals surface area contributed by atoms with Crippen LogP contribution in [0.1, 0.15) is 42.9 Å². The number of nitrogens with zero attached hydrogens (tertiary/aromatic N) is 2. The molecule has 0 saturated heterocycles. The van der Waals surface area contributed by atoms with Crippen LogP contribution in [0.3, 0.4) is 0 Å². The van der Waals surface area contributed by atoms with E-state index in [1.165, 1.54) is 0 Å². The van der Waals surface area contributed by atoms with Crippen molar-refractivity contribution in [2.75, 3.05) is 0 Å². The van der Waals surface area contributed by atoms with Gasteiger partial charge in [0.2, 0.25) is 0 Å². The lowest BCUT2D eigenvalue weighted by Crippen LogP contribution is -2.33. The van der Waals surface area contributed by atoms with Crippen molar-refractivity contribution in [3.63, 3.8) is 0 Å². The Morgan fingerprint density at radius 3 is 1.91 bits per heavy atom. The normalized spacial score (nSPS) is 12.0. The summed E-state index contributed by atoms with van der Waals surface area (Å²) in [5.41, 5.74) is 4.33. The van der Waals surface area contributed by atoms with E-state index in [1.54, 1.807) is 0 Å². The zero-order valence-corrected chi connectivity index (χ0v) is 18.8. The number of benzene rings is 3. The molecular weight excluding hydrogens is 394 g/mol. The summed E-state index contributed by atoms with van der Waals surface area (Å²) in [5.74, 6) is 0.939. The number of hydrogen-bond donors (Lipinski definition) is 1. The first kappa shape index (κ1) is 21.6. The van der Waals surface area contributed by atoms with Crippen molar-refractivity contribution in [1.82, 2.24) is 14.9 Å². The smallest absolute Gasteiger partial charge is 0.270 e. The molecule has 1 unspecified atom stereocenters. The number of amides is 1. The maximum Gasteiger partial charge on any atom is 0.270 e. The fourth-order valence-corrected chi connectivity index (χ4v) is 4.10. The second kappa shape index (κ2) is 9.65. The van der Waals surface area contributed by atoms with Crippen LogP contribution >= 0.6 is 0 Å². The minimum absolute atomic E-state index is 0.0901. The molecule has 0 spiro atoms. The first-order valence-electron chi connectivity index (χ1n) is 11.2. The zero-order valence-electron chi connectivity index (χ0n) is 18.8. The Morgan fingerprint density at radius 2 is 1.38 bits per heavy atom. The summed E-state index contributed by atoms with van der Waals surface area (Å²) < 4.78 is 2.02. The summed E-state index contributed by atoms with van der Waals surface area (Å²) in [6.45, 7) is 6.95. The van der Waals surface area contributed by atoms with E-state index in [0.717, 1.165) is 22.5 Å². The van der Waals surface area contributed by atoms with Crippen LogP contribution in [0, 0.1) is 5.92 Å². The first-order chi connectivity index (χ1) is 15.6. The quantitative estimate of drug-likeness (QED) is 0.376. The highest BCUT2D eigenvalue weighted by molar-refractivity contribution is 5.99. The van der Waals surface area contributed by atoms with Crippen molar-refractivity contribution in [2.45, 2.75) is 33.4 Å². The Balaban J connectivity index is 1.83. The maximum atomic E-state index is 13.8. The first-order valence-corrected chi connectivity index (χ1v) is 11.2. The van der Waals surface area contributed by atoms with Gasteiger partial charge in [-0.1, -0.05) is 105 Å². The molecule has 1 aromatic heterocycles. The van der Waals surface area contributed by atoms with Gasteiger partial charge in [0.25, 0.3) is 5.91 Å². The van der Waals surface area contributed by atoms with E-state index < -0.39 is 0 Å². The fourth-order valence-electron chi connectivity index (χ4n) is 4.10. The number of nitrogens with one attached hydrogen (secondary N) is 1. The summed E-state index contributed by atoms with van der Waals surface area (Å²) >= 11 is 0. The van der Waals surface area contributed by atoms with Gasteiger partial charge in [-0.2, -0.15) is 0 Å². The minimum atomic E-state index is -0.108. The summed E-state index contributed by atoms with van der Waals surface area (Å²) in [4.78, 5) is 18.7. The number of carbonyl (C=O) groups excluding carboxylic acids is 1. The van der Waals surface area contributed by atoms with Crippen LogP contribution in [0.25, 0.3) is 22.6 Å². The standard InChI is InChI=1S/C28H29N3O/c1-4-31-26(28(32)30-24(20(2)3)21-14-8-5-9-15-21)25(22-16-10-6-11-17-22)29-27(31)23-18-12-7-13-19-23/h5-20,24H,4H2,1-3H3,(H,30,32). The molecule has 0 bridgehead atoms. The van der Waals surface area contributed by atoms with Crippen LogP contribution in [-0.4, -0.2) is 15.5 Å². The summed E-state index contributed by atoms with van der Waals surface area (Å²) in [7, 11) is 0. The third-order valence-corrected chi connectivity index (χ3v) is 5.69. The van der Waals surface area contributed by atoms with E-state index in [4.69, 9.17) is 4.98 Å². The third kappa shape index (κ3) is 4.35. The molecule has 1 N–H and O–H groups in total. The molecule has 4 aromatic rings. The topological polar surface area (TPSA) is 46.9 Å². The monoisotopic (exact) mass is 423 g/mol. The fraction of sp³-hybridized carbons (Fsp3) is 0.214. The van der Waals surface area contributed by atoms with Gasteiger partial charge in [-0.05, 0) is 18.4 Å². The summed E-state index contributed by atoms with van der Waals surface area (Å²) in [6.07, 6.45) is 0. The maximum absolute atomic E-state index is 13.8. The molecule has 1 amide bonds. The van der Waals surface area contributed by atoms with E-state index in [1.807, 2.05) is 83.4 Å². The molecular formula is C28H29N3O. The molecule has 0 aliphatic carbocycles. The molecule has 0 saturated carbocycles. The van der Waals surface area contributed by atoms with Crippen LogP contribution in [0.4, 0.5) is 0 Å². The average Bonchev–Trinajstić information content (AvgIpc) is 3.24. The van der Waals surface area contributed by atoms with Crippen molar-refractivity contribution < 1.29 is 4.79 Å². The second-order valence-corrected chi connectivity index (χ2v) is 8.21. The Bertz CT molecular complexity index is 1170. The zero-order chi connectivity index (χ0) is 22.5. The van der Waals surface area contributed by atoms with Gasteiger partial charge in [0.1, 0.15) is 17.2 Å². The van der Waals surface area contributed by atoms with Gasteiger partial charge >= 0.3 is 0 Å². The van der Waals surface area contributed by atoms with Gasteiger partial charge in [-0.3, -0.25) is 4.79 Å². The molecule has 3 aromatic carbocycles. The lowest BCUT2D eigenvalue weighted by molar-refractivity contribution is 0.0917. The van der Waals surface area contributed by atoms with Crippen LogP contribution in [0.15, 0.2) is 91.0 Å². The van der Waals surface area contributed by atoms with Gasteiger partial charge in [-0.15, -0.1) is 0 Å². The lowest BCUT2D eigenvalue weighted by atomic mass is 9.96. The van der Waals surface area contributed by atoms with Crippen molar-refractivity contribution in [3.8, 4) is 22.6 Å². The number of rotatable bonds is 7. The largest absolute Gasteiger partial charge is 0.344 e. The van der Waals surface area contributed by atoms with Crippen molar-refractivity contribution >= 4 is 5.91 Å². The Labute approximate surface area is 190 Å². The van der Waals surface area contributed by atoms with Gasteiger partial charge in [0, 0.05) is 17.7 Å². The minimum Gasteiger partial charge on any atom is -0.344 e. The van der Waals surface area contributed by atoms with Crippen molar-refractivity contribution in [3.05, 3.63) is 102 Å². The molecule has 1 heterocycles. The second-order valence-electron chi connectivity index (χ2n) is 8.21. The van der Waals surface area contributed by atoms with Gasteiger partial charge in [0.15, 0.2) is 0 Å². The van der Waals surface area contributed by atoms with Gasteiger partial charge < -0.3 is 9.88 Å². The molecule has 32 heavy (non-hydrogen) atoms. The SMILES string of the molecule is CCn1c(-c2ccccc2)nc(-c2ccccc2)c1C(=O)NC(c1ccccc1)C(C)C. The van der Waals surface area contributed by atoms with Gasteiger partial charge in [0.05, 0.1) is 6.04 Å². The summed E-state index contributed by atoms with van der Waals surface area (Å²) in [6, 6.07) is 30.0. The molecule has 4 heteroatoms. The highest BCUT2D eigenvalue weighted by atomic mass is 16.2. The molecule has 0 aliphatic rings. The van der Waals surface area contributed by atoms with E-state index >= 15 is 0 Å². The highest BCUT2D eigenvalue weighted by Crippen LogP contribution is 2.31. The van der Waals surface area contributed by atoms with Crippen molar-refractivity contribution in [1.29, 1.82) is 0 Å². The Hall–Kier alpha value is -3.66. The molecule has 4 rings (SSSR count). The molecule has 162 valence electrons. The molecule has 0 radical (unpaired) electrons. The molecule has 0 aliphatic heterocycles. The van der Waals surface area contributed by atoms with Crippen LogP contribution in [0.5, 0.6) is 0 Å². The van der Waals surface area contributed by atoms with E-state index in [0.29, 0.717) is 17.9 Å². The van der Waals surface area contributed by atoms with E-state index in [2.05, 4.69) is 38.2 Å². The average molecular weight is 424 g/mol. The number of aromatic nitrogens is 2. The Morgan fingerprint density at radius 1 is 0.844 bits per heavy atom. The van der Waals surface area contributed by atoms with Crippen LogP contribution in [0.2, 0.25) is 0 Å². The third-order valence-electron chi connectivity index (χ3n) is 5.69. The number of imidazole rings is 1. The predicted molar refractivity (Wildman–Crippen MR) is 130 cm³/mol. The lowest BCUT2D eigenvalue weighted by Gasteiger charge is -2.23. The number of hydrogen-bond acceptors (Lipinski definition) is 2. The predicted octanol–water partition coefficient (Wildman–Crippen LogP) is 6.36. The van der Waals surface area contributed by atoms with E-state index in [-0.39, 0.29) is 17.9 Å². The van der Waals surface area contributed by atoms with Crippen LogP contribution < -0.4 is 5.32 Å². The van der Waals surface area contributed by atoms with Gasteiger partial charge in [-0.25, -0.2) is 4.98 Å². The number of carbonyl (C=O) groups is 1. The summed E-state index contributed by atoms with van der Waals surface area (Å²) in [5, 5.41) is 3.30.